The Morgan fingerprint density at radius 3 is 3.09 bits per heavy atom. The number of ether oxygens (including phenoxy) is 1. The molecule has 0 aliphatic carbocycles. The van der Waals surface area contributed by atoms with Gasteiger partial charge in [-0.1, -0.05) is 6.92 Å². The third-order valence-corrected chi connectivity index (χ3v) is 3.80. The zero-order valence-electron chi connectivity index (χ0n) is 13.0. The minimum atomic E-state index is -0.441. The number of amides is 1. The number of hydrogen-bond donors (Lipinski definition) is 2. The van der Waals surface area contributed by atoms with Crippen LogP contribution in [0.1, 0.15) is 6.92 Å². The molecule has 0 spiro atoms. The monoisotopic (exact) mass is 321 g/mol. The van der Waals surface area contributed by atoms with Crippen LogP contribution in [0, 0.1) is 5.82 Å². The number of carbonyl (C=O) groups is 1. The first-order chi connectivity index (χ1) is 11.2. The molecular weight excluding hydrogens is 301 g/mol. The summed E-state index contributed by atoms with van der Waals surface area (Å²) in [5, 5.41) is 7.06. The first-order valence-corrected chi connectivity index (χ1v) is 7.70. The fourth-order valence-electron chi connectivity index (χ4n) is 2.63. The molecule has 0 radical (unpaired) electrons. The van der Waals surface area contributed by atoms with Crippen molar-refractivity contribution in [2.75, 3.05) is 42.5 Å². The SMILES string of the molecule is CCNCC1CN(c2ccc(N3C=NNCC3)c(F)c2)C(=O)O1. The summed E-state index contributed by atoms with van der Waals surface area (Å²) in [4.78, 5) is 15.1. The van der Waals surface area contributed by atoms with Crippen molar-refractivity contribution in [3.63, 3.8) is 0 Å². The van der Waals surface area contributed by atoms with E-state index >= 15 is 0 Å². The van der Waals surface area contributed by atoms with Gasteiger partial charge in [-0.3, -0.25) is 4.90 Å². The Bertz CT molecular complexity index is 610. The van der Waals surface area contributed by atoms with E-state index in [-0.39, 0.29) is 6.10 Å². The number of hydrogen-bond acceptors (Lipinski definition) is 6. The maximum absolute atomic E-state index is 14.4. The molecule has 2 heterocycles. The summed E-state index contributed by atoms with van der Waals surface area (Å²) >= 11 is 0. The number of nitrogens with zero attached hydrogens (tertiary/aromatic N) is 3. The van der Waals surface area contributed by atoms with Crippen LogP contribution in [0.15, 0.2) is 23.3 Å². The minimum Gasteiger partial charge on any atom is -0.443 e. The Morgan fingerprint density at radius 2 is 2.39 bits per heavy atom. The fraction of sp³-hybridized carbons (Fsp3) is 0.467. The molecule has 1 fully saturated rings. The molecule has 1 aromatic carbocycles. The zero-order chi connectivity index (χ0) is 16.2. The quantitative estimate of drug-likeness (QED) is 0.850. The van der Waals surface area contributed by atoms with E-state index in [0.29, 0.717) is 37.6 Å². The van der Waals surface area contributed by atoms with Crippen LogP contribution in [0.5, 0.6) is 0 Å². The van der Waals surface area contributed by atoms with E-state index in [9.17, 15) is 9.18 Å². The van der Waals surface area contributed by atoms with Crippen molar-refractivity contribution in [3.8, 4) is 0 Å². The Kier molecular flexibility index (Phi) is 4.61. The number of likely N-dealkylation sites (N-methyl/N-ethyl adjacent to an activating group) is 1. The molecule has 1 unspecified atom stereocenters. The lowest BCUT2D eigenvalue weighted by molar-refractivity contribution is 0.140. The van der Waals surface area contributed by atoms with Crippen LogP contribution in [-0.4, -0.2) is 51.3 Å². The van der Waals surface area contributed by atoms with Gasteiger partial charge in [-0.2, -0.15) is 5.10 Å². The van der Waals surface area contributed by atoms with Crippen LogP contribution in [0.4, 0.5) is 20.6 Å². The molecule has 2 aliphatic heterocycles. The second-order valence-corrected chi connectivity index (χ2v) is 5.41. The lowest BCUT2D eigenvalue weighted by Crippen LogP contribution is -2.35. The Morgan fingerprint density at radius 1 is 1.52 bits per heavy atom. The van der Waals surface area contributed by atoms with E-state index in [1.807, 2.05) is 6.92 Å². The summed E-state index contributed by atoms with van der Waals surface area (Å²) in [5.41, 5.74) is 3.76. The number of benzene rings is 1. The van der Waals surface area contributed by atoms with Gasteiger partial charge in [-0.05, 0) is 24.7 Å². The van der Waals surface area contributed by atoms with Crippen molar-refractivity contribution in [1.29, 1.82) is 0 Å². The smallest absolute Gasteiger partial charge is 0.414 e. The number of anilines is 2. The van der Waals surface area contributed by atoms with Crippen molar-refractivity contribution < 1.29 is 13.9 Å². The second-order valence-electron chi connectivity index (χ2n) is 5.41. The second kappa shape index (κ2) is 6.82. The van der Waals surface area contributed by atoms with Gasteiger partial charge in [-0.15, -0.1) is 0 Å². The third-order valence-electron chi connectivity index (χ3n) is 3.80. The van der Waals surface area contributed by atoms with Crippen molar-refractivity contribution in [3.05, 3.63) is 24.0 Å². The molecule has 1 amide bonds. The van der Waals surface area contributed by atoms with Gasteiger partial charge >= 0.3 is 6.09 Å². The standard InChI is InChI=1S/C15H20FN5O2/c1-2-17-8-12-9-21(15(22)23-12)11-3-4-14(13(16)7-11)20-6-5-18-19-10-20/h3-4,7,10,12,17-18H,2,5-6,8-9H2,1H3. The predicted octanol–water partition coefficient (Wildman–Crippen LogP) is 1.11. The van der Waals surface area contributed by atoms with Gasteiger partial charge in [-0.25, -0.2) is 9.18 Å². The lowest BCUT2D eigenvalue weighted by Gasteiger charge is -2.24. The third kappa shape index (κ3) is 3.37. The number of cyclic esters (lactones) is 1. The summed E-state index contributed by atoms with van der Waals surface area (Å²) in [6.07, 6.45) is 0.896. The fourth-order valence-corrected chi connectivity index (χ4v) is 2.63. The van der Waals surface area contributed by atoms with Crippen LogP contribution < -0.4 is 20.5 Å². The molecule has 2 aliphatic rings. The predicted molar refractivity (Wildman–Crippen MR) is 86.4 cm³/mol. The average molecular weight is 321 g/mol. The highest BCUT2D eigenvalue weighted by molar-refractivity contribution is 5.90. The van der Waals surface area contributed by atoms with E-state index in [1.165, 1.54) is 11.0 Å². The Balaban J connectivity index is 1.73. The normalized spacial score (nSPS) is 20.6. The summed E-state index contributed by atoms with van der Waals surface area (Å²) in [7, 11) is 0. The van der Waals surface area contributed by atoms with E-state index in [4.69, 9.17) is 4.74 Å². The number of carbonyl (C=O) groups excluding carboxylic acids is 1. The summed E-state index contributed by atoms with van der Waals surface area (Å²) in [6, 6.07) is 4.75. The van der Waals surface area contributed by atoms with E-state index in [1.54, 1.807) is 23.4 Å². The van der Waals surface area contributed by atoms with Crippen molar-refractivity contribution in [2.24, 2.45) is 5.10 Å². The molecule has 23 heavy (non-hydrogen) atoms. The van der Waals surface area contributed by atoms with E-state index < -0.39 is 11.9 Å². The molecule has 1 aromatic rings. The van der Waals surface area contributed by atoms with Crippen LogP contribution in [-0.2, 0) is 4.74 Å². The molecule has 8 heteroatoms. The average Bonchev–Trinajstić information content (AvgIpc) is 2.94. The molecule has 1 saturated heterocycles. The first kappa shape index (κ1) is 15.5. The van der Waals surface area contributed by atoms with Crippen molar-refractivity contribution in [1.82, 2.24) is 10.7 Å². The summed E-state index contributed by atoms with van der Waals surface area (Å²) in [5.74, 6) is -0.390. The maximum Gasteiger partial charge on any atom is 0.414 e. The molecule has 124 valence electrons. The highest BCUT2D eigenvalue weighted by atomic mass is 19.1. The minimum absolute atomic E-state index is 0.217. The van der Waals surface area contributed by atoms with Gasteiger partial charge in [0.25, 0.3) is 0 Å². The Hall–Kier alpha value is -2.35. The zero-order valence-corrected chi connectivity index (χ0v) is 13.0. The van der Waals surface area contributed by atoms with Gasteiger partial charge in [0.2, 0.25) is 0 Å². The molecule has 0 saturated carbocycles. The molecule has 1 atom stereocenters. The summed E-state index contributed by atoms with van der Waals surface area (Å²) in [6.45, 7) is 5.10. The molecule has 0 bridgehead atoms. The molecule has 0 aromatic heterocycles. The van der Waals surface area contributed by atoms with Crippen LogP contribution in [0.3, 0.4) is 0 Å². The van der Waals surface area contributed by atoms with Crippen LogP contribution in [0.2, 0.25) is 0 Å². The van der Waals surface area contributed by atoms with E-state index in [2.05, 4.69) is 15.8 Å². The molecule has 7 nitrogen and oxygen atoms in total. The number of nitrogens with one attached hydrogen (secondary N) is 2. The molecule has 3 rings (SSSR count). The number of halogens is 1. The van der Waals surface area contributed by atoms with Gasteiger partial charge < -0.3 is 20.4 Å². The van der Waals surface area contributed by atoms with Crippen molar-refractivity contribution in [2.45, 2.75) is 13.0 Å². The lowest BCUT2D eigenvalue weighted by atomic mass is 10.2. The topological polar surface area (TPSA) is 69.2 Å². The number of rotatable bonds is 5. The maximum atomic E-state index is 14.4. The number of hydrazone groups is 1. The highest BCUT2D eigenvalue weighted by Crippen LogP contribution is 2.27. The van der Waals surface area contributed by atoms with Gasteiger partial charge in [0, 0.05) is 13.1 Å². The van der Waals surface area contributed by atoms with Gasteiger partial charge in [0.15, 0.2) is 0 Å². The first-order valence-electron chi connectivity index (χ1n) is 7.70. The molecule has 2 N–H and O–H groups in total. The van der Waals surface area contributed by atoms with Crippen molar-refractivity contribution >= 4 is 23.8 Å². The Labute approximate surface area is 134 Å². The van der Waals surface area contributed by atoms with Crippen LogP contribution >= 0.6 is 0 Å². The van der Waals surface area contributed by atoms with Crippen LogP contribution in [0.25, 0.3) is 0 Å². The van der Waals surface area contributed by atoms with Gasteiger partial charge in [0.1, 0.15) is 18.3 Å². The molecular formula is C15H20FN5O2. The van der Waals surface area contributed by atoms with E-state index in [0.717, 1.165) is 6.54 Å². The highest BCUT2D eigenvalue weighted by Gasteiger charge is 2.32. The largest absolute Gasteiger partial charge is 0.443 e. The summed E-state index contributed by atoms with van der Waals surface area (Å²) < 4.78 is 19.7. The van der Waals surface area contributed by atoms with Gasteiger partial charge in [0.05, 0.1) is 24.5 Å².